The Morgan fingerprint density at radius 1 is 1.00 bits per heavy atom. The molecule has 0 heterocycles. The van der Waals surface area contributed by atoms with E-state index in [9.17, 15) is 9.59 Å². The summed E-state index contributed by atoms with van der Waals surface area (Å²) in [7, 11) is 0. The summed E-state index contributed by atoms with van der Waals surface area (Å²) in [5.41, 5.74) is 0. The summed E-state index contributed by atoms with van der Waals surface area (Å²) in [6.45, 7) is 11.2. The summed E-state index contributed by atoms with van der Waals surface area (Å²) in [6.07, 6.45) is 3.29. The number of Topliss-reactive ketones (excluding diaryl/α,β-unsaturated/α-hetero) is 1. The molecule has 0 rings (SSSR count). The summed E-state index contributed by atoms with van der Waals surface area (Å²) in [6, 6.07) is 0.531. The largest absolute Gasteiger partial charge is 0.348 e. The predicted molar refractivity (Wildman–Crippen MR) is 87.4 cm³/mol. The van der Waals surface area contributed by atoms with E-state index in [1.165, 1.54) is 0 Å². The fraction of sp³-hybridized carbons (Fsp3) is 0.875. The molecule has 0 aliphatic heterocycles. The number of unbranched alkanes of at least 4 members (excludes halogenated alkanes) is 1. The predicted octanol–water partition coefficient (Wildman–Crippen LogP) is 1.62. The fourth-order valence-corrected chi connectivity index (χ4v) is 1.99. The van der Waals surface area contributed by atoms with E-state index in [0.29, 0.717) is 12.5 Å². The topological polar surface area (TPSA) is 70.2 Å². The third kappa shape index (κ3) is 11.4. The van der Waals surface area contributed by atoms with E-state index >= 15 is 0 Å². The van der Waals surface area contributed by atoms with E-state index in [0.717, 1.165) is 25.8 Å². The van der Waals surface area contributed by atoms with Gasteiger partial charge >= 0.3 is 0 Å². The maximum Gasteiger partial charge on any atom is 0.237 e. The Hall–Kier alpha value is -0.940. The van der Waals surface area contributed by atoms with Crippen molar-refractivity contribution in [2.45, 2.75) is 78.4 Å². The van der Waals surface area contributed by atoms with Crippen LogP contribution < -0.4 is 16.0 Å². The maximum atomic E-state index is 12.1. The first-order valence-corrected chi connectivity index (χ1v) is 8.15. The minimum Gasteiger partial charge on any atom is -0.348 e. The van der Waals surface area contributed by atoms with Gasteiger partial charge in [0.2, 0.25) is 5.91 Å². The Labute approximate surface area is 129 Å². The normalized spacial score (nSPS) is 12.7. The lowest BCUT2D eigenvalue weighted by atomic mass is 10.1. The van der Waals surface area contributed by atoms with Gasteiger partial charge in [0, 0.05) is 18.5 Å². The molecule has 0 fully saturated rings. The Kier molecular flexibility index (Phi) is 11.2. The highest BCUT2D eigenvalue weighted by atomic mass is 16.2. The van der Waals surface area contributed by atoms with Crippen molar-refractivity contribution in [1.29, 1.82) is 0 Å². The molecule has 0 saturated heterocycles. The van der Waals surface area contributed by atoms with Crippen LogP contribution in [0.1, 0.15) is 60.3 Å². The van der Waals surface area contributed by atoms with Gasteiger partial charge in [-0.05, 0) is 19.4 Å². The van der Waals surface area contributed by atoms with E-state index in [2.05, 4.69) is 29.8 Å². The van der Waals surface area contributed by atoms with Crippen molar-refractivity contribution in [2.75, 3.05) is 13.1 Å². The summed E-state index contributed by atoms with van der Waals surface area (Å²) in [5, 5.41) is 9.38. The van der Waals surface area contributed by atoms with Crippen LogP contribution in [0, 0.1) is 0 Å². The van der Waals surface area contributed by atoms with Crippen LogP contribution in [-0.4, -0.2) is 42.9 Å². The van der Waals surface area contributed by atoms with Crippen LogP contribution in [0.3, 0.4) is 0 Å². The van der Waals surface area contributed by atoms with Gasteiger partial charge < -0.3 is 16.0 Å². The van der Waals surface area contributed by atoms with E-state index in [4.69, 9.17) is 0 Å². The number of hydrogen-bond donors (Lipinski definition) is 3. The van der Waals surface area contributed by atoms with Gasteiger partial charge in [-0.1, -0.05) is 41.0 Å². The third-order valence-electron chi connectivity index (χ3n) is 3.18. The van der Waals surface area contributed by atoms with Gasteiger partial charge in [-0.2, -0.15) is 0 Å². The van der Waals surface area contributed by atoms with Crippen molar-refractivity contribution in [3.8, 4) is 0 Å². The molecule has 0 bridgehead atoms. The molecular weight excluding hydrogens is 266 g/mol. The zero-order valence-corrected chi connectivity index (χ0v) is 14.3. The van der Waals surface area contributed by atoms with Gasteiger partial charge in [-0.25, -0.2) is 0 Å². The van der Waals surface area contributed by atoms with Crippen LogP contribution in [0.15, 0.2) is 0 Å². The number of carbonyl (C=O) groups excluding carboxylic acids is 2. The molecule has 21 heavy (non-hydrogen) atoms. The summed E-state index contributed by atoms with van der Waals surface area (Å²) >= 11 is 0. The highest BCUT2D eigenvalue weighted by Crippen LogP contribution is 2.03. The highest BCUT2D eigenvalue weighted by Gasteiger charge is 2.18. The lowest BCUT2D eigenvalue weighted by Gasteiger charge is -2.20. The Bertz CT molecular complexity index is 304. The second-order valence-corrected chi connectivity index (χ2v) is 6.09. The molecule has 0 aromatic heterocycles. The Morgan fingerprint density at radius 2 is 1.67 bits per heavy atom. The molecule has 124 valence electrons. The second-order valence-electron chi connectivity index (χ2n) is 6.09. The van der Waals surface area contributed by atoms with Crippen LogP contribution in [0.2, 0.25) is 0 Å². The number of hydrogen-bond acceptors (Lipinski definition) is 4. The molecule has 5 nitrogen and oxygen atoms in total. The molecule has 0 saturated carbocycles. The van der Waals surface area contributed by atoms with Crippen molar-refractivity contribution >= 4 is 11.7 Å². The molecule has 1 unspecified atom stereocenters. The molecule has 5 heteroatoms. The molecule has 0 radical (unpaired) electrons. The van der Waals surface area contributed by atoms with Crippen LogP contribution in [-0.2, 0) is 9.59 Å². The van der Waals surface area contributed by atoms with Crippen LogP contribution >= 0.6 is 0 Å². The molecule has 0 spiro atoms. The van der Waals surface area contributed by atoms with Gasteiger partial charge in [0.15, 0.2) is 5.78 Å². The van der Waals surface area contributed by atoms with Crippen molar-refractivity contribution < 1.29 is 9.59 Å². The lowest BCUT2D eigenvalue weighted by Crippen LogP contribution is -2.48. The molecule has 3 N–H and O–H groups in total. The Morgan fingerprint density at radius 3 is 2.19 bits per heavy atom. The first kappa shape index (κ1) is 20.1. The van der Waals surface area contributed by atoms with Gasteiger partial charge in [0.1, 0.15) is 0 Å². The van der Waals surface area contributed by atoms with E-state index in [1.807, 2.05) is 13.8 Å². The lowest BCUT2D eigenvalue weighted by molar-refractivity contribution is -0.126. The molecule has 0 aliphatic carbocycles. The minimum atomic E-state index is -0.214. The van der Waals surface area contributed by atoms with Crippen LogP contribution in [0.25, 0.3) is 0 Å². The van der Waals surface area contributed by atoms with Crippen molar-refractivity contribution in [3.63, 3.8) is 0 Å². The Balaban J connectivity index is 4.12. The molecule has 1 atom stereocenters. The van der Waals surface area contributed by atoms with Crippen LogP contribution in [0.4, 0.5) is 0 Å². The second kappa shape index (κ2) is 11.7. The molecule has 1 amide bonds. The van der Waals surface area contributed by atoms with E-state index in [-0.39, 0.29) is 30.3 Å². The summed E-state index contributed by atoms with van der Waals surface area (Å²) in [5.74, 6) is -0.00454. The zero-order valence-electron chi connectivity index (χ0n) is 14.3. The van der Waals surface area contributed by atoms with Gasteiger partial charge in [-0.3, -0.25) is 9.59 Å². The zero-order chi connectivity index (χ0) is 16.3. The molecule has 0 aliphatic rings. The standard InChI is InChI=1S/C16H33N3O2/c1-6-14(20)11-18-16(21)15(19-13(4)5)9-7-8-10-17-12(2)3/h12-13,15,17,19H,6-11H2,1-5H3,(H,18,21). The summed E-state index contributed by atoms with van der Waals surface area (Å²) in [4.78, 5) is 23.4. The molecule has 0 aromatic rings. The van der Waals surface area contributed by atoms with Gasteiger partial charge in [0.25, 0.3) is 0 Å². The van der Waals surface area contributed by atoms with Crippen molar-refractivity contribution in [3.05, 3.63) is 0 Å². The van der Waals surface area contributed by atoms with Crippen molar-refractivity contribution in [2.24, 2.45) is 0 Å². The molecule has 0 aromatic carbocycles. The number of ketones is 1. The van der Waals surface area contributed by atoms with Crippen LogP contribution in [0.5, 0.6) is 0 Å². The number of rotatable bonds is 12. The third-order valence-corrected chi connectivity index (χ3v) is 3.18. The van der Waals surface area contributed by atoms with Crippen molar-refractivity contribution in [1.82, 2.24) is 16.0 Å². The highest BCUT2D eigenvalue weighted by molar-refractivity contribution is 5.88. The van der Waals surface area contributed by atoms with Gasteiger partial charge in [-0.15, -0.1) is 0 Å². The summed E-state index contributed by atoms with van der Waals surface area (Å²) < 4.78 is 0. The SMILES string of the molecule is CCC(=O)CNC(=O)C(CCCCNC(C)C)NC(C)C. The van der Waals surface area contributed by atoms with E-state index in [1.54, 1.807) is 6.92 Å². The number of nitrogens with one attached hydrogen (secondary N) is 3. The average molecular weight is 299 g/mol. The smallest absolute Gasteiger partial charge is 0.237 e. The minimum absolute atomic E-state index is 0.0628. The monoisotopic (exact) mass is 299 g/mol. The first-order valence-electron chi connectivity index (χ1n) is 8.15. The van der Waals surface area contributed by atoms with E-state index < -0.39 is 0 Å². The number of carbonyl (C=O) groups is 2. The maximum absolute atomic E-state index is 12.1. The fourth-order valence-electron chi connectivity index (χ4n) is 1.99. The number of amides is 1. The first-order chi connectivity index (χ1) is 9.86. The average Bonchev–Trinajstić information content (AvgIpc) is 2.41. The van der Waals surface area contributed by atoms with Gasteiger partial charge in [0.05, 0.1) is 12.6 Å². The molecular formula is C16H33N3O2. The quantitative estimate of drug-likeness (QED) is 0.479.